The minimum Gasteiger partial charge on any atom is -0.493 e. The van der Waals surface area contributed by atoms with Crippen LogP contribution in [0.1, 0.15) is 60.9 Å². The molecule has 12 heteroatoms. The molecule has 2 aliphatic rings. The maximum Gasteiger partial charge on any atom is 0.266 e. The lowest BCUT2D eigenvalue weighted by Crippen LogP contribution is -2.29. The lowest BCUT2D eigenvalue weighted by atomic mass is 9.98. The normalized spacial score (nSPS) is 16.6. The molecule has 0 spiro atoms. The van der Waals surface area contributed by atoms with Crippen LogP contribution in [0.3, 0.4) is 0 Å². The minimum absolute atomic E-state index is 0.164. The van der Waals surface area contributed by atoms with Gasteiger partial charge in [0.2, 0.25) is 5.91 Å². The van der Waals surface area contributed by atoms with Gasteiger partial charge in [-0.2, -0.15) is 0 Å². The third-order valence-corrected chi connectivity index (χ3v) is 9.82. The highest BCUT2D eigenvalue weighted by Crippen LogP contribution is 2.36. The smallest absolute Gasteiger partial charge is 0.266 e. The number of benzene rings is 2. The summed E-state index contributed by atoms with van der Waals surface area (Å²) in [5.74, 6) is 1.03. The van der Waals surface area contributed by atoms with E-state index in [0.717, 1.165) is 34.6 Å². The lowest BCUT2D eigenvalue weighted by Gasteiger charge is -2.24. The van der Waals surface area contributed by atoms with Crippen LogP contribution in [-0.2, 0) is 16.0 Å². The summed E-state index contributed by atoms with van der Waals surface area (Å²) in [5.41, 5.74) is 1.80. The summed E-state index contributed by atoms with van der Waals surface area (Å²) in [4.78, 5) is 33.1. The third-order valence-electron chi connectivity index (χ3n) is 7.09. The molecule has 1 saturated carbocycles. The van der Waals surface area contributed by atoms with Crippen LogP contribution in [0.2, 0.25) is 10.0 Å². The number of carbonyl (C=O) groups is 2. The van der Waals surface area contributed by atoms with Crippen molar-refractivity contribution in [3.05, 3.63) is 73.5 Å². The first-order chi connectivity index (χ1) is 20.8. The summed E-state index contributed by atoms with van der Waals surface area (Å²) in [6.45, 7) is 0.353. The third kappa shape index (κ3) is 8.73. The molecule has 5 rings (SSSR count). The van der Waals surface area contributed by atoms with Gasteiger partial charge in [-0.1, -0.05) is 59.7 Å². The van der Waals surface area contributed by atoms with Gasteiger partial charge in [0.05, 0.1) is 18.1 Å². The van der Waals surface area contributed by atoms with Crippen molar-refractivity contribution in [3.8, 4) is 11.5 Å². The zero-order valence-electron chi connectivity index (χ0n) is 23.6. The van der Waals surface area contributed by atoms with Crippen molar-refractivity contribution in [3.63, 3.8) is 0 Å². The second kappa shape index (κ2) is 14.9. The Bertz CT molecular complexity index is 1520. The van der Waals surface area contributed by atoms with Gasteiger partial charge in [-0.3, -0.25) is 14.5 Å². The average molecular weight is 677 g/mol. The van der Waals surface area contributed by atoms with E-state index in [-0.39, 0.29) is 24.3 Å². The second-order valence-corrected chi connectivity index (χ2v) is 14.0. The first kappa shape index (κ1) is 31.8. The molecule has 0 atom stereocenters. The average Bonchev–Trinajstić information content (AvgIpc) is 3.52. The van der Waals surface area contributed by atoms with Gasteiger partial charge in [-0.25, -0.2) is 4.98 Å². The monoisotopic (exact) mass is 675 g/mol. The van der Waals surface area contributed by atoms with E-state index in [2.05, 4.69) is 10.3 Å². The number of methoxy groups -OCH3 is 1. The minimum atomic E-state index is -0.171. The molecular weight excluding hydrogens is 645 g/mol. The summed E-state index contributed by atoms with van der Waals surface area (Å²) in [6.07, 6.45) is 10.8. The van der Waals surface area contributed by atoms with Crippen molar-refractivity contribution in [2.45, 2.75) is 57.5 Å². The fourth-order valence-corrected chi connectivity index (χ4v) is 7.76. The summed E-state index contributed by atoms with van der Waals surface area (Å²) < 4.78 is 12.3. The molecule has 0 bridgehead atoms. The number of hydrogen-bond donors (Lipinski definition) is 1. The molecule has 3 aromatic rings. The Hall–Kier alpha value is -2.63. The number of thiazole rings is 1. The molecule has 1 aliphatic heterocycles. The van der Waals surface area contributed by atoms with Crippen molar-refractivity contribution in [1.82, 2.24) is 9.88 Å². The van der Waals surface area contributed by atoms with Crippen LogP contribution < -0.4 is 14.8 Å². The van der Waals surface area contributed by atoms with Crippen molar-refractivity contribution < 1.29 is 19.1 Å². The Morgan fingerprint density at radius 3 is 2.65 bits per heavy atom. The van der Waals surface area contributed by atoms with Crippen molar-refractivity contribution in [2.75, 3.05) is 19.0 Å². The SMILES string of the molecule is COc1cc(/C=C2\SC(=S)N(CCCC(=O)Nc3ncc(Cc4cc(Cl)cc(Cl)c4)s3)C2=O)ccc1OC1CCCCC1. The predicted molar refractivity (Wildman–Crippen MR) is 180 cm³/mol. The Balaban J connectivity index is 1.11. The molecule has 2 aromatic carbocycles. The van der Waals surface area contributed by atoms with Crippen LogP contribution in [-0.4, -0.2) is 45.8 Å². The number of halogens is 2. The van der Waals surface area contributed by atoms with E-state index in [4.69, 9.17) is 44.9 Å². The number of aromatic nitrogens is 1. The van der Waals surface area contributed by atoms with Gasteiger partial charge >= 0.3 is 0 Å². The van der Waals surface area contributed by atoms with E-state index in [1.165, 1.54) is 42.4 Å². The molecule has 226 valence electrons. The number of thioether (sulfide) groups is 1. The highest BCUT2D eigenvalue weighted by atomic mass is 35.5. The van der Waals surface area contributed by atoms with Crippen LogP contribution in [0.5, 0.6) is 11.5 Å². The molecule has 2 heterocycles. The summed E-state index contributed by atoms with van der Waals surface area (Å²) >= 11 is 20.3. The van der Waals surface area contributed by atoms with E-state index >= 15 is 0 Å². The molecule has 0 unspecified atom stereocenters. The number of rotatable bonds is 11. The fraction of sp³-hybridized carbons (Fsp3) is 0.355. The number of thiocarbonyl (C=S) groups is 1. The number of ether oxygens (including phenoxy) is 2. The van der Waals surface area contributed by atoms with E-state index in [0.29, 0.717) is 49.5 Å². The van der Waals surface area contributed by atoms with Crippen LogP contribution in [0.15, 0.2) is 47.5 Å². The summed E-state index contributed by atoms with van der Waals surface area (Å²) in [6, 6.07) is 11.1. The number of hydrogen-bond acceptors (Lipinski definition) is 8. The molecule has 1 aromatic heterocycles. The van der Waals surface area contributed by atoms with E-state index < -0.39 is 0 Å². The van der Waals surface area contributed by atoms with Crippen LogP contribution in [0.4, 0.5) is 5.13 Å². The van der Waals surface area contributed by atoms with Crippen LogP contribution in [0.25, 0.3) is 6.08 Å². The van der Waals surface area contributed by atoms with Gasteiger partial charge in [-0.15, -0.1) is 11.3 Å². The molecule has 43 heavy (non-hydrogen) atoms. The zero-order chi connectivity index (χ0) is 30.3. The largest absolute Gasteiger partial charge is 0.493 e. The molecule has 2 fully saturated rings. The quantitative estimate of drug-likeness (QED) is 0.161. The Morgan fingerprint density at radius 2 is 1.91 bits per heavy atom. The van der Waals surface area contributed by atoms with E-state index in [1.54, 1.807) is 24.3 Å². The number of carbonyl (C=O) groups excluding carboxylic acids is 2. The maximum atomic E-state index is 13.1. The van der Waals surface area contributed by atoms with Crippen molar-refractivity contribution in [1.29, 1.82) is 0 Å². The van der Waals surface area contributed by atoms with Gasteiger partial charge < -0.3 is 14.8 Å². The van der Waals surface area contributed by atoms with Gasteiger partial charge in [0, 0.05) is 40.5 Å². The lowest BCUT2D eigenvalue weighted by molar-refractivity contribution is -0.122. The number of amides is 2. The van der Waals surface area contributed by atoms with E-state index in [1.807, 2.05) is 36.4 Å². The highest BCUT2D eigenvalue weighted by Gasteiger charge is 2.31. The molecule has 2 amide bonds. The highest BCUT2D eigenvalue weighted by molar-refractivity contribution is 8.26. The standard InChI is InChI=1S/C31H31Cl2N3O4S3/c1-39-26-15-19(9-10-25(26)40-23-6-3-2-4-7-23)16-27-29(38)36(31(41)43-27)11-5-8-28(37)35-30-34-18-24(42-30)14-20-12-21(32)17-22(33)13-20/h9-10,12-13,15-18,23H,2-8,11,14H2,1H3,(H,34,35,37)/b27-16-. The Labute approximate surface area is 274 Å². The topological polar surface area (TPSA) is 80.8 Å². The number of anilines is 1. The summed E-state index contributed by atoms with van der Waals surface area (Å²) in [7, 11) is 1.62. The molecule has 0 radical (unpaired) electrons. The Morgan fingerprint density at radius 1 is 1.14 bits per heavy atom. The molecule has 1 N–H and O–H groups in total. The predicted octanol–water partition coefficient (Wildman–Crippen LogP) is 8.38. The number of nitrogens with zero attached hydrogens (tertiary/aromatic N) is 2. The molecule has 1 aliphatic carbocycles. The molecular formula is C31H31Cl2N3O4S3. The number of nitrogens with one attached hydrogen (secondary N) is 1. The van der Waals surface area contributed by atoms with Crippen LogP contribution in [0, 0.1) is 0 Å². The van der Waals surface area contributed by atoms with Crippen LogP contribution >= 0.6 is 58.5 Å². The van der Waals surface area contributed by atoms with Gasteiger partial charge in [0.1, 0.15) is 4.32 Å². The van der Waals surface area contributed by atoms with E-state index in [9.17, 15) is 9.59 Å². The van der Waals surface area contributed by atoms with Gasteiger partial charge in [-0.05, 0) is 79.6 Å². The summed E-state index contributed by atoms with van der Waals surface area (Å²) in [5, 5.41) is 4.51. The molecule has 1 saturated heterocycles. The zero-order valence-corrected chi connectivity index (χ0v) is 27.5. The van der Waals surface area contributed by atoms with Gasteiger partial charge in [0.15, 0.2) is 16.6 Å². The fourth-order valence-electron chi connectivity index (χ4n) is 5.02. The Kier molecular flexibility index (Phi) is 11.0. The second-order valence-electron chi connectivity index (χ2n) is 10.4. The first-order valence-electron chi connectivity index (χ1n) is 14.1. The van der Waals surface area contributed by atoms with Crippen molar-refractivity contribution >= 4 is 85.9 Å². The van der Waals surface area contributed by atoms with Gasteiger partial charge in [0.25, 0.3) is 5.91 Å². The molecule has 7 nitrogen and oxygen atoms in total. The van der Waals surface area contributed by atoms with Crippen molar-refractivity contribution in [2.24, 2.45) is 0 Å². The first-order valence-corrected chi connectivity index (χ1v) is 16.9. The maximum absolute atomic E-state index is 13.1.